The highest BCUT2D eigenvalue weighted by Crippen LogP contribution is 2.38. The molecular formula is C55H83NO16. The van der Waals surface area contributed by atoms with Gasteiger partial charge in [0.15, 0.2) is 5.78 Å². The molecule has 1 aliphatic carbocycles. The third kappa shape index (κ3) is 16.6. The van der Waals surface area contributed by atoms with Crippen molar-refractivity contribution in [3.63, 3.8) is 0 Å². The second-order valence-electron chi connectivity index (χ2n) is 20.9. The Labute approximate surface area is 426 Å². The number of ether oxygens (including phenoxy) is 6. The summed E-state index contributed by atoms with van der Waals surface area (Å²) in [6.45, 7) is 12.5. The molecule has 0 spiro atoms. The van der Waals surface area contributed by atoms with Crippen molar-refractivity contribution >= 4 is 41.2 Å². The Bertz CT molecular complexity index is 2010. The van der Waals surface area contributed by atoms with Gasteiger partial charge in [0.25, 0.3) is 11.7 Å². The van der Waals surface area contributed by atoms with Crippen LogP contribution >= 0.6 is 0 Å². The molecule has 4 aliphatic rings. The van der Waals surface area contributed by atoms with Crippen molar-refractivity contribution in [3.8, 4) is 0 Å². The van der Waals surface area contributed by atoms with Gasteiger partial charge in [-0.3, -0.25) is 28.8 Å². The number of aliphatic carboxylic acids is 1. The number of Topliss-reactive ketones (excluding diaryl/α,β-unsaturated/α-hetero) is 3. The molecule has 1 amide bonds. The van der Waals surface area contributed by atoms with Gasteiger partial charge in [0.1, 0.15) is 36.2 Å². The summed E-state index contributed by atoms with van der Waals surface area (Å²) in [5.41, 5.74) is 1.21. The third-order valence-electron chi connectivity index (χ3n) is 15.3. The van der Waals surface area contributed by atoms with Gasteiger partial charge in [-0.25, -0.2) is 4.79 Å². The Morgan fingerprint density at radius 2 is 1.57 bits per heavy atom. The first-order valence-corrected chi connectivity index (χ1v) is 25.9. The minimum atomic E-state index is -2.47. The van der Waals surface area contributed by atoms with Crippen LogP contribution in [0.3, 0.4) is 0 Å². The first kappa shape index (κ1) is 60.2. The summed E-state index contributed by atoms with van der Waals surface area (Å²) in [5.74, 6) is -10.3. The van der Waals surface area contributed by atoms with Crippen molar-refractivity contribution in [1.82, 2.24) is 4.90 Å². The zero-order chi connectivity index (χ0) is 53.4. The maximum Gasteiger partial charge on any atom is 0.329 e. The summed E-state index contributed by atoms with van der Waals surface area (Å²) >= 11 is 0. The molecule has 15 atom stereocenters. The lowest BCUT2D eigenvalue weighted by Crippen LogP contribution is -2.61. The molecule has 0 aromatic heterocycles. The SMILES string of the molecule is COC1C[C@@H]2CC[C@@H](C)[C@@](O)(O2)C(=O)C(=O)N2CCCC[C@H]2C(=O)O[C@H]([C@H](C)C[C@@H]2CC[C@@H](OC(=O)CCC(=O)O)[C@H](OC)C2)CC(=O)[C@H](C)/C=C(\C)[C@@H](O)C(OC)C(=O)[C@H](C)C[C@H](C)/C=C/C=C/C=C/1C. The van der Waals surface area contributed by atoms with Gasteiger partial charge in [-0.15, -0.1) is 0 Å². The lowest BCUT2D eigenvalue weighted by atomic mass is 9.78. The van der Waals surface area contributed by atoms with Crippen LogP contribution in [-0.2, 0) is 62.0 Å². The minimum absolute atomic E-state index is 0.00674. The van der Waals surface area contributed by atoms with E-state index >= 15 is 0 Å². The highest BCUT2D eigenvalue weighted by molar-refractivity contribution is 6.39. The lowest BCUT2D eigenvalue weighted by molar-refractivity contribution is -0.265. The van der Waals surface area contributed by atoms with Crippen LogP contribution in [0, 0.1) is 35.5 Å². The number of methoxy groups -OCH3 is 3. The molecule has 3 heterocycles. The molecule has 0 aromatic rings. The Balaban J connectivity index is 1.68. The number of carbonyl (C=O) groups excluding carboxylic acids is 6. The molecule has 4 rings (SSSR count). The zero-order valence-corrected chi connectivity index (χ0v) is 44.2. The van der Waals surface area contributed by atoms with Crippen molar-refractivity contribution in [2.75, 3.05) is 27.9 Å². The highest BCUT2D eigenvalue weighted by atomic mass is 16.6. The number of carboxylic acids is 1. The fraction of sp³-hybridized carbons (Fsp3) is 0.727. The van der Waals surface area contributed by atoms with Crippen molar-refractivity contribution in [2.24, 2.45) is 35.5 Å². The monoisotopic (exact) mass is 1010 g/mol. The molecule has 2 bridgehead atoms. The van der Waals surface area contributed by atoms with E-state index in [1.54, 1.807) is 40.9 Å². The second-order valence-corrected chi connectivity index (χ2v) is 20.9. The molecular weight excluding hydrogens is 931 g/mol. The van der Waals surface area contributed by atoms with Gasteiger partial charge in [0.05, 0.1) is 31.2 Å². The Morgan fingerprint density at radius 1 is 0.847 bits per heavy atom. The van der Waals surface area contributed by atoms with E-state index in [1.807, 2.05) is 51.2 Å². The molecule has 0 aromatic carbocycles. The average Bonchev–Trinajstić information content (AvgIpc) is 3.35. The smallest absolute Gasteiger partial charge is 0.329 e. The van der Waals surface area contributed by atoms with Gasteiger partial charge in [-0.05, 0) is 107 Å². The van der Waals surface area contributed by atoms with E-state index in [0.29, 0.717) is 69.8 Å². The molecule has 17 heteroatoms. The molecule has 2 unspecified atom stereocenters. The number of rotatable bonds is 10. The number of fused-ring (bicyclic) bond motifs is 3. The number of hydrogen-bond acceptors (Lipinski definition) is 15. The lowest BCUT2D eigenvalue weighted by Gasteiger charge is -2.42. The van der Waals surface area contributed by atoms with Gasteiger partial charge in [0.2, 0.25) is 5.79 Å². The Kier molecular flexibility index (Phi) is 23.7. The quantitative estimate of drug-likeness (QED) is 0.119. The number of aliphatic hydroxyl groups is 2. The first-order chi connectivity index (χ1) is 34.0. The first-order valence-electron chi connectivity index (χ1n) is 25.9. The average molecular weight is 1010 g/mol. The number of carbonyl (C=O) groups is 7. The highest BCUT2D eigenvalue weighted by Gasteiger charge is 2.53. The van der Waals surface area contributed by atoms with Crippen LogP contribution < -0.4 is 0 Å². The summed E-state index contributed by atoms with van der Waals surface area (Å²) in [4.78, 5) is 95.8. The number of esters is 2. The summed E-state index contributed by atoms with van der Waals surface area (Å²) < 4.78 is 35.2. The maximum atomic E-state index is 14.5. The molecule has 3 N–H and O–H groups in total. The van der Waals surface area contributed by atoms with Gasteiger partial charge in [0, 0.05) is 58.5 Å². The van der Waals surface area contributed by atoms with Gasteiger partial charge < -0.3 is 48.6 Å². The van der Waals surface area contributed by atoms with E-state index in [1.165, 1.54) is 14.2 Å². The Hall–Kier alpha value is -4.39. The van der Waals surface area contributed by atoms with Crippen LogP contribution in [0.2, 0.25) is 0 Å². The predicted octanol–water partition coefficient (Wildman–Crippen LogP) is 6.60. The Morgan fingerprint density at radius 3 is 2.24 bits per heavy atom. The summed E-state index contributed by atoms with van der Waals surface area (Å²) in [7, 11) is 4.43. The third-order valence-corrected chi connectivity index (χ3v) is 15.3. The van der Waals surface area contributed by atoms with Gasteiger partial charge >= 0.3 is 17.9 Å². The maximum absolute atomic E-state index is 14.5. The van der Waals surface area contributed by atoms with Crippen molar-refractivity contribution in [2.45, 2.75) is 193 Å². The van der Waals surface area contributed by atoms with Crippen molar-refractivity contribution in [3.05, 3.63) is 47.6 Å². The molecule has 0 radical (unpaired) electrons. The minimum Gasteiger partial charge on any atom is -0.481 e. The van der Waals surface area contributed by atoms with Crippen molar-refractivity contribution in [1.29, 1.82) is 0 Å². The van der Waals surface area contributed by atoms with Crippen LogP contribution in [0.4, 0.5) is 0 Å². The van der Waals surface area contributed by atoms with E-state index in [-0.39, 0.29) is 55.6 Å². The number of carboxylic acid groups (broad SMARTS) is 1. The normalized spacial score (nSPS) is 37.5. The van der Waals surface area contributed by atoms with Crippen LogP contribution in [0.15, 0.2) is 47.6 Å². The number of amides is 1. The molecule has 17 nitrogen and oxygen atoms in total. The number of aliphatic hydroxyl groups excluding tert-OH is 1. The predicted molar refractivity (Wildman–Crippen MR) is 266 cm³/mol. The number of nitrogens with zero attached hydrogens (tertiary/aromatic N) is 1. The number of ketones is 3. The van der Waals surface area contributed by atoms with E-state index in [9.17, 15) is 43.8 Å². The summed E-state index contributed by atoms with van der Waals surface area (Å²) in [6.07, 6.45) is 9.31. The molecule has 404 valence electrons. The second kappa shape index (κ2) is 28.3. The number of hydrogen-bond donors (Lipinski definition) is 3. The van der Waals surface area contributed by atoms with Gasteiger partial charge in [-0.2, -0.15) is 0 Å². The fourth-order valence-corrected chi connectivity index (χ4v) is 10.7. The van der Waals surface area contributed by atoms with Gasteiger partial charge in [-0.1, -0.05) is 71.1 Å². The van der Waals surface area contributed by atoms with Crippen LogP contribution in [0.5, 0.6) is 0 Å². The number of allylic oxidation sites excluding steroid dienone is 6. The standard InChI is InChI=1S/C55H83NO16/c1-32-16-12-11-13-17-33(2)44(67-8)30-40-21-19-38(7)55(66,72-40)52(63)53(64)56-25-15-14-18-41(56)54(65)71-45(31-42(57)34(3)27-37(6)50(62)51(69-10)49(61)36(5)26-32)35(4)28-39-20-22-43(46(29-39)68-9)70-48(60)24-23-47(58)59/h11-13,16-17,27,32,34-36,38-41,43-46,50-51,62,66H,14-15,18-26,28-31H2,1-10H3,(H,58,59)/b13-11+,16-12+,33-17+,37-27+/t32-,34-,35-,36-,38-,39+,40+,41+,43-,44?,45+,46-,50-,51?,55-/m1/s1. The summed E-state index contributed by atoms with van der Waals surface area (Å²) in [6, 6.07) is -1.20. The molecule has 72 heavy (non-hydrogen) atoms. The zero-order valence-electron chi connectivity index (χ0n) is 44.2. The fourth-order valence-electron chi connectivity index (χ4n) is 10.7. The van der Waals surface area contributed by atoms with E-state index in [0.717, 1.165) is 10.5 Å². The number of cyclic esters (lactones) is 1. The van der Waals surface area contributed by atoms with Crippen LogP contribution in [0.25, 0.3) is 0 Å². The van der Waals surface area contributed by atoms with E-state index in [2.05, 4.69) is 0 Å². The van der Waals surface area contributed by atoms with E-state index in [4.69, 9.17) is 33.5 Å². The van der Waals surface area contributed by atoms with Crippen LogP contribution in [-0.4, -0.2) is 144 Å². The van der Waals surface area contributed by atoms with Crippen LogP contribution in [0.1, 0.15) is 138 Å². The van der Waals surface area contributed by atoms with Crippen molar-refractivity contribution < 1.29 is 77.3 Å². The molecule has 2 saturated heterocycles. The molecule has 3 aliphatic heterocycles. The van der Waals surface area contributed by atoms with E-state index < -0.39 is 108 Å². The summed E-state index contributed by atoms with van der Waals surface area (Å²) in [5, 5.41) is 32.5. The number of piperidine rings is 1. The topological polar surface area (TPSA) is 239 Å². The largest absolute Gasteiger partial charge is 0.481 e. The molecule has 1 saturated carbocycles. The molecule has 3 fully saturated rings.